The van der Waals surface area contributed by atoms with Crippen molar-refractivity contribution in [2.24, 2.45) is 0 Å². The molecule has 2 N–H and O–H groups in total. The highest BCUT2D eigenvalue weighted by Gasteiger charge is 2.32. The van der Waals surface area contributed by atoms with Crippen molar-refractivity contribution >= 4 is 0 Å². The van der Waals surface area contributed by atoms with Crippen LogP contribution in [0.4, 0.5) is 0 Å². The lowest BCUT2D eigenvalue weighted by molar-refractivity contribution is -0.0861. The molecule has 81 valence electrons. The van der Waals surface area contributed by atoms with Crippen LogP contribution in [0.2, 0.25) is 0 Å². The van der Waals surface area contributed by atoms with Crippen molar-refractivity contribution in [2.75, 3.05) is 0 Å². The van der Waals surface area contributed by atoms with Crippen molar-refractivity contribution < 1.29 is 10.2 Å². The van der Waals surface area contributed by atoms with Gasteiger partial charge >= 0.3 is 0 Å². The molecule has 0 bridgehead atoms. The van der Waals surface area contributed by atoms with E-state index < -0.39 is 11.7 Å². The molecular formula is C12H21O2. The molecule has 0 saturated heterocycles. The third kappa shape index (κ3) is 4.13. The zero-order valence-electron chi connectivity index (χ0n) is 9.21. The van der Waals surface area contributed by atoms with Crippen LogP contribution in [-0.2, 0) is 0 Å². The smallest absolute Gasteiger partial charge is 0.0914 e. The molecule has 2 heteroatoms. The molecule has 0 heterocycles. The lowest BCUT2D eigenvalue weighted by Crippen LogP contribution is -2.41. The summed E-state index contributed by atoms with van der Waals surface area (Å²) in [4.78, 5) is 0. The predicted molar refractivity (Wildman–Crippen MR) is 58.5 cm³/mol. The normalized spacial score (nSPS) is 16.6. The maximum absolute atomic E-state index is 10.2. The molecule has 0 amide bonds. The van der Waals surface area contributed by atoms with Crippen LogP contribution in [0.25, 0.3) is 0 Å². The molecule has 0 aliphatic heterocycles. The third-order valence-electron chi connectivity index (χ3n) is 2.50. The van der Waals surface area contributed by atoms with Gasteiger partial charge in [-0.25, -0.2) is 0 Å². The third-order valence-corrected chi connectivity index (χ3v) is 2.50. The molecule has 2 nitrogen and oxygen atoms in total. The van der Waals surface area contributed by atoms with Crippen LogP contribution in [0.3, 0.4) is 0 Å². The van der Waals surface area contributed by atoms with Gasteiger partial charge in [0, 0.05) is 13.3 Å². The molecule has 0 aromatic rings. The van der Waals surface area contributed by atoms with Gasteiger partial charge in [-0.1, -0.05) is 20.3 Å². The summed E-state index contributed by atoms with van der Waals surface area (Å²) in [5, 5.41) is 19.9. The minimum absolute atomic E-state index is 0.526. The lowest BCUT2D eigenvalue weighted by atomic mass is 9.85. The Morgan fingerprint density at radius 1 is 1.36 bits per heavy atom. The Morgan fingerprint density at radius 2 is 2.00 bits per heavy atom. The first-order valence-electron chi connectivity index (χ1n) is 5.26. The molecule has 2 atom stereocenters. The SMILES string of the molecule is [CH2]C#CCCC(O)(CCC)C(O)CC. The van der Waals surface area contributed by atoms with E-state index in [4.69, 9.17) is 0 Å². The Labute approximate surface area is 87.3 Å². The summed E-state index contributed by atoms with van der Waals surface area (Å²) >= 11 is 0. The summed E-state index contributed by atoms with van der Waals surface area (Å²) in [5.41, 5.74) is -0.965. The average Bonchev–Trinajstić information content (AvgIpc) is 2.17. The largest absolute Gasteiger partial charge is 0.390 e. The summed E-state index contributed by atoms with van der Waals surface area (Å²) < 4.78 is 0. The quantitative estimate of drug-likeness (QED) is 0.638. The van der Waals surface area contributed by atoms with Crippen molar-refractivity contribution in [1.82, 2.24) is 0 Å². The van der Waals surface area contributed by atoms with Crippen LogP contribution in [0.5, 0.6) is 0 Å². The Morgan fingerprint density at radius 3 is 2.43 bits per heavy atom. The Kier molecular flexibility index (Phi) is 6.61. The number of hydrogen-bond donors (Lipinski definition) is 2. The van der Waals surface area contributed by atoms with Crippen molar-refractivity contribution in [3.8, 4) is 11.8 Å². The molecule has 0 spiro atoms. The fraction of sp³-hybridized carbons (Fsp3) is 0.750. The number of aliphatic hydroxyl groups excluding tert-OH is 1. The topological polar surface area (TPSA) is 40.5 Å². The average molecular weight is 197 g/mol. The second-order valence-electron chi connectivity index (χ2n) is 3.63. The minimum atomic E-state index is -0.965. The standard InChI is InChI=1S/C12H21O2/c1-4-7-8-10-12(14,9-5-2)11(13)6-3/h11,13-14H,1,5-6,8-10H2,2-3H3. The van der Waals surface area contributed by atoms with E-state index in [-0.39, 0.29) is 0 Å². The van der Waals surface area contributed by atoms with Crippen molar-refractivity contribution in [2.45, 2.75) is 57.7 Å². The molecule has 0 aliphatic rings. The highest BCUT2D eigenvalue weighted by molar-refractivity contribution is 5.03. The second-order valence-corrected chi connectivity index (χ2v) is 3.63. The van der Waals surface area contributed by atoms with Crippen LogP contribution in [0.15, 0.2) is 0 Å². The maximum atomic E-state index is 10.2. The van der Waals surface area contributed by atoms with Gasteiger partial charge in [-0.05, 0) is 19.3 Å². The van der Waals surface area contributed by atoms with Crippen LogP contribution in [0.1, 0.15) is 46.0 Å². The first kappa shape index (κ1) is 13.5. The van der Waals surface area contributed by atoms with Gasteiger partial charge in [-0.2, -0.15) is 0 Å². The van der Waals surface area contributed by atoms with Crippen LogP contribution >= 0.6 is 0 Å². The molecule has 14 heavy (non-hydrogen) atoms. The van der Waals surface area contributed by atoms with Gasteiger partial charge in [0.25, 0.3) is 0 Å². The molecule has 0 rings (SSSR count). The molecule has 0 aromatic carbocycles. The minimum Gasteiger partial charge on any atom is -0.390 e. The van der Waals surface area contributed by atoms with Gasteiger partial charge in [0.2, 0.25) is 0 Å². The van der Waals surface area contributed by atoms with Gasteiger partial charge in [-0.15, -0.1) is 11.8 Å². The predicted octanol–water partition coefficient (Wildman–Crippen LogP) is 1.91. The molecule has 0 aliphatic carbocycles. The van der Waals surface area contributed by atoms with Gasteiger partial charge in [0.1, 0.15) is 0 Å². The van der Waals surface area contributed by atoms with Crippen LogP contribution in [0, 0.1) is 18.8 Å². The van der Waals surface area contributed by atoms with Gasteiger partial charge < -0.3 is 10.2 Å². The summed E-state index contributed by atoms with van der Waals surface area (Å²) in [6.07, 6.45) is 2.55. The summed E-state index contributed by atoms with van der Waals surface area (Å²) in [6.45, 7) is 7.28. The molecule has 1 radical (unpaired) electrons. The molecular weight excluding hydrogens is 176 g/mol. The summed E-state index contributed by atoms with van der Waals surface area (Å²) in [5.74, 6) is 5.36. The van der Waals surface area contributed by atoms with Crippen molar-refractivity contribution in [1.29, 1.82) is 0 Å². The van der Waals surface area contributed by atoms with Crippen LogP contribution < -0.4 is 0 Å². The van der Waals surface area contributed by atoms with Crippen molar-refractivity contribution in [3.63, 3.8) is 0 Å². The number of rotatable bonds is 6. The van der Waals surface area contributed by atoms with E-state index in [1.165, 1.54) is 0 Å². The lowest BCUT2D eigenvalue weighted by Gasteiger charge is -2.31. The van der Waals surface area contributed by atoms with E-state index in [9.17, 15) is 10.2 Å². The highest BCUT2D eigenvalue weighted by Crippen LogP contribution is 2.25. The molecule has 0 saturated carbocycles. The van der Waals surface area contributed by atoms with Crippen LogP contribution in [-0.4, -0.2) is 21.9 Å². The fourth-order valence-electron chi connectivity index (χ4n) is 1.64. The Balaban J connectivity index is 4.27. The van der Waals surface area contributed by atoms with E-state index >= 15 is 0 Å². The Bertz CT molecular complexity index is 202. The second kappa shape index (κ2) is 6.86. The number of hydrogen-bond acceptors (Lipinski definition) is 2. The monoisotopic (exact) mass is 197 g/mol. The van der Waals surface area contributed by atoms with Gasteiger partial charge in [0.05, 0.1) is 11.7 Å². The summed E-state index contributed by atoms with van der Waals surface area (Å²) in [6, 6.07) is 0. The van der Waals surface area contributed by atoms with E-state index in [2.05, 4.69) is 18.8 Å². The zero-order chi connectivity index (χ0) is 11.0. The molecule has 2 unspecified atom stereocenters. The number of aliphatic hydroxyl groups is 2. The Hall–Kier alpha value is -0.520. The van der Waals surface area contributed by atoms with E-state index in [0.29, 0.717) is 25.7 Å². The first-order chi connectivity index (χ1) is 6.60. The van der Waals surface area contributed by atoms with Crippen molar-refractivity contribution in [3.05, 3.63) is 6.92 Å². The van der Waals surface area contributed by atoms with Gasteiger partial charge in [-0.3, -0.25) is 0 Å². The van der Waals surface area contributed by atoms with E-state index in [1.807, 2.05) is 13.8 Å². The van der Waals surface area contributed by atoms with E-state index in [0.717, 1.165) is 6.42 Å². The molecule has 0 aromatic heterocycles. The first-order valence-corrected chi connectivity index (χ1v) is 5.26. The molecule has 0 fully saturated rings. The zero-order valence-corrected chi connectivity index (χ0v) is 9.21. The van der Waals surface area contributed by atoms with E-state index in [1.54, 1.807) is 0 Å². The summed E-state index contributed by atoms with van der Waals surface area (Å²) in [7, 11) is 0. The maximum Gasteiger partial charge on any atom is 0.0914 e. The highest BCUT2D eigenvalue weighted by atomic mass is 16.3. The fourth-order valence-corrected chi connectivity index (χ4v) is 1.64. The van der Waals surface area contributed by atoms with Gasteiger partial charge in [0.15, 0.2) is 0 Å².